The lowest BCUT2D eigenvalue weighted by molar-refractivity contribution is 0.0198. The van der Waals surface area contributed by atoms with Gasteiger partial charge in [0.2, 0.25) is 0 Å². The first kappa shape index (κ1) is 8.10. The number of hydrogen-bond donors (Lipinski definition) is 0. The Kier molecular flexibility index (Phi) is 2.09. The lowest BCUT2D eigenvalue weighted by atomic mass is 9.56. The van der Waals surface area contributed by atoms with Gasteiger partial charge in [-0.2, -0.15) is 0 Å². The summed E-state index contributed by atoms with van der Waals surface area (Å²) in [6.07, 6.45) is 9.62. The molecule has 0 N–H and O–H groups in total. The molecule has 0 aromatic heterocycles. The van der Waals surface area contributed by atoms with Crippen molar-refractivity contribution in [3.05, 3.63) is 0 Å². The Morgan fingerprint density at radius 2 is 0.750 bits per heavy atom. The quantitative estimate of drug-likeness (QED) is 0.538. The molecule has 0 spiro atoms. The Labute approximate surface area is 74.8 Å². The Hall–Kier alpha value is -0.510. The average Bonchev–Trinajstić information content (AvgIpc) is 2.05. The normalized spacial score (nSPS) is 48.2. The van der Waals surface area contributed by atoms with E-state index in [0.29, 0.717) is 0 Å². The van der Waals surface area contributed by atoms with Crippen LogP contribution in [0.5, 0.6) is 0 Å². The van der Waals surface area contributed by atoms with E-state index in [-0.39, 0.29) is 0 Å². The van der Waals surface area contributed by atoms with Gasteiger partial charge in [-0.15, -0.1) is 0 Å². The van der Waals surface area contributed by atoms with Crippen LogP contribution in [0.3, 0.4) is 0 Å². The number of rotatable bonds is 0. The van der Waals surface area contributed by atoms with Gasteiger partial charge in [-0.3, -0.25) is 0 Å². The zero-order chi connectivity index (χ0) is 8.55. The molecule has 4 aliphatic carbocycles. The van der Waals surface area contributed by atoms with Crippen molar-refractivity contribution in [1.29, 1.82) is 5.26 Å². The van der Waals surface area contributed by atoms with E-state index in [0.717, 1.165) is 0 Å². The first-order valence-corrected chi connectivity index (χ1v) is 5.16. The molecule has 0 amide bonds. The van der Waals surface area contributed by atoms with E-state index in [1.165, 1.54) is 23.7 Å². The molecule has 0 unspecified atom stereocenters. The third-order valence-corrected chi connectivity index (χ3v) is 4.00. The maximum absolute atomic E-state index is 6.50. The van der Waals surface area contributed by atoms with Crippen molar-refractivity contribution in [2.24, 2.45) is 23.7 Å². The van der Waals surface area contributed by atoms with Crippen LogP contribution < -0.4 is 0 Å². The van der Waals surface area contributed by atoms with Crippen LogP contribution in [0.1, 0.15) is 38.5 Å². The highest BCUT2D eigenvalue weighted by atomic mass is 14.5. The molecule has 0 aliphatic heterocycles. The zero-order valence-electron chi connectivity index (χ0n) is 7.58. The summed E-state index contributed by atoms with van der Waals surface area (Å²) in [5.41, 5.74) is 0. The van der Waals surface area contributed by atoms with E-state index in [2.05, 4.69) is 6.57 Å². The lowest BCUT2D eigenvalue weighted by Gasteiger charge is -2.49. The zero-order valence-corrected chi connectivity index (χ0v) is 7.58. The summed E-state index contributed by atoms with van der Waals surface area (Å²) >= 11 is 0. The van der Waals surface area contributed by atoms with Gasteiger partial charge in [0.05, 0.1) is 0 Å². The predicted molar refractivity (Wildman–Crippen MR) is 48.3 cm³/mol. The Bertz CT molecular complexity index is 126. The lowest BCUT2D eigenvalue weighted by Crippen LogP contribution is -2.38. The second-order valence-corrected chi connectivity index (χ2v) is 4.88. The van der Waals surface area contributed by atoms with E-state index < -0.39 is 0 Å². The minimum Gasteiger partial charge on any atom is -0.202 e. The molecule has 0 saturated heterocycles. The molecule has 0 radical (unpaired) electrons. The maximum atomic E-state index is 6.50. The monoisotopic (exact) mass is 163 g/mol. The summed E-state index contributed by atoms with van der Waals surface area (Å²) in [5.74, 6) is 4.71. The summed E-state index contributed by atoms with van der Waals surface area (Å²) in [5, 5.41) is 6.50. The molecule has 66 valence electrons. The molecule has 0 aromatic rings. The molecule has 0 atom stereocenters. The molecule has 4 aliphatic rings. The van der Waals surface area contributed by atoms with E-state index in [1.54, 1.807) is 38.5 Å². The second kappa shape index (κ2) is 3.09. The fourth-order valence-electron chi connectivity index (χ4n) is 3.98. The smallest absolute Gasteiger partial charge is 0.0462 e. The number of hydrogen-bond acceptors (Lipinski definition) is 1. The fraction of sp³-hybridized carbons (Fsp3) is 0.909. The highest BCUT2D eigenvalue weighted by Gasteiger charge is 2.41. The van der Waals surface area contributed by atoms with Gasteiger partial charge in [0.1, 0.15) is 0 Å². The van der Waals surface area contributed by atoms with Gasteiger partial charge in [-0.25, -0.2) is 5.26 Å². The SMILES string of the molecule is C#N.C1C2CC3CC1CC(C2)C3. The highest BCUT2D eigenvalue weighted by molar-refractivity contribution is 4.92. The van der Waals surface area contributed by atoms with Crippen LogP contribution in [-0.4, -0.2) is 0 Å². The van der Waals surface area contributed by atoms with Crippen LogP contribution in [-0.2, 0) is 0 Å². The van der Waals surface area contributed by atoms with Crippen molar-refractivity contribution in [2.45, 2.75) is 38.5 Å². The van der Waals surface area contributed by atoms with Crippen molar-refractivity contribution in [2.75, 3.05) is 0 Å². The van der Waals surface area contributed by atoms with Crippen molar-refractivity contribution in [3.63, 3.8) is 0 Å². The highest BCUT2D eigenvalue weighted by Crippen LogP contribution is 2.53. The van der Waals surface area contributed by atoms with E-state index in [9.17, 15) is 0 Å². The van der Waals surface area contributed by atoms with Crippen molar-refractivity contribution >= 4 is 0 Å². The first-order valence-electron chi connectivity index (χ1n) is 5.16. The molecule has 1 heteroatoms. The summed E-state index contributed by atoms with van der Waals surface area (Å²) in [6, 6.07) is 0. The van der Waals surface area contributed by atoms with Crippen molar-refractivity contribution in [3.8, 4) is 6.57 Å². The molecular formula is C11H17N. The van der Waals surface area contributed by atoms with Gasteiger partial charge in [-0.1, -0.05) is 0 Å². The van der Waals surface area contributed by atoms with Crippen LogP contribution >= 0.6 is 0 Å². The Balaban J connectivity index is 0.000000264. The second-order valence-electron chi connectivity index (χ2n) is 4.88. The first-order chi connectivity index (χ1) is 5.90. The predicted octanol–water partition coefficient (Wildman–Crippen LogP) is 2.97. The van der Waals surface area contributed by atoms with Crippen LogP contribution in [0, 0.1) is 35.5 Å². The summed E-state index contributed by atoms with van der Waals surface area (Å²) in [4.78, 5) is 0. The summed E-state index contributed by atoms with van der Waals surface area (Å²) in [6.45, 7) is 3.50. The van der Waals surface area contributed by atoms with Crippen LogP contribution in [0.15, 0.2) is 0 Å². The Morgan fingerprint density at radius 1 is 0.583 bits per heavy atom. The molecular weight excluding hydrogens is 146 g/mol. The van der Waals surface area contributed by atoms with Gasteiger partial charge < -0.3 is 0 Å². The van der Waals surface area contributed by atoms with E-state index in [4.69, 9.17) is 5.26 Å². The average molecular weight is 163 g/mol. The van der Waals surface area contributed by atoms with Crippen LogP contribution in [0.4, 0.5) is 0 Å². The van der Waals surface area contributed by atoms with Gasteiger partial charge in [0, 0.05) is 6.57 Å². The molecule has 4 bridgehead atoms. The molecule has 1 nitrogen and oxygen atoms in total. The van der Waals surface area contributed by atoms with Gasteiger partial charge in [0.25, 0.3) is 0 Å². The summed E-state index contributed by atoms with van der Waals surface area (Å²) in [7, 11) is 0. The van der Waals surface area contributed by atoms with E-state index in [1.807, 2.05) is 0 Å². The topological polar surface area (TPSA) is 23.8 Å². The summed E-state index contributed by atoms with van der Waals surface area (Å²) < 4.78 is 0. The van der Waals surface area contributed by atoms with Gasteiger partial charge >= 0.3 is 0 Å². The van der Waals surface area contributed by atoms with Crippen molar-refractivity contribution in [1.82, 2.24) is 0 Å². The third-order valence-electron chi connectivity index (χ3n) is 4.00. The Morgan fingerprint density at radius 3 is 0.917 bits per heavy atom. The van der Waals surface area contributed by atoms with Crippen LogP contribution in [0.25, 0.3) is 0 Å². The van der Waals surface area contributed by atoms with Gasteiger partial charge in [0.15, 0.2) is 0 Å². The van der Waals surface area contributed by atoms with Crippen LogP contribution in [0.2, 0.25) is 0 Å². The molecule has 4 saturated carbocycles. The molecule has 0 aromatic carbocycles. The number of nitrogens with zero attached hydrogens (tertiary/aromatic N) is 1. The van der Waals surface area contributed by atoms with Crippen molar-refractivity contribution < 1.29 is 0 Å². The van der Waals surface area contributed by atoms with E-state index >= 15 is 0 Å². The van der Waals surface area contributed by atoms with Gasteiger partial charge in [-0.05, 0) is 62.2 Å². The minimum atomic E-state index is 1.18. The molecule has 0 heterocycles. The third kappa shape index (κ3) is 1.24. The maximum Gasteiger partial charge on any atom is 0.0462 e. The largest absolute Gasteiger partial charge is 0.202 e. The fourth-order valence-corrected chi connectivity index (χ4v) is 3.98. The number of nitriles is 1. The molecule has 4 fully saturated rings. The standard InChI is InChI=1S/C10H16.CHN/c1-7-2-9-4-8(1)5-10(3-7)6-9;1-2/h7-10H,1-6H2;1H. The molecule has 4 rings (SSSR count). The molecule has 12 heavy (non-hydrogen) atoms. The minimum absolute atomic E-state index is 1.18.